The quantitative estimate of drug-likeness (QED) is 0.194. The van der Waals surface area contributed by atoms with Crippen LogP contribution >= 0.6 is 0 Å². The molecular formula is C22H14FN7O4. The van der Waals surface area contributed by atoms with Crippen molar-refractivity contribution in [1.29, 1.82) is 0 Å². The highest BCUT2D eigenvalue weighted by Crippen LogP contribution is 2.27. The molecule has 0 aliphatic rings. The van der Waals surface area contributed by atoms with Crippen molar-refractivity contribution < 1.29 is 23.3 Å². The third-order valence-electron chi connectivity index (χ3n) is 4.81. The molecule has 3 heterocycles. The number of anilines is 2. The molecule has 0 aliphatic heterocycles. The second-order valence-corrected chi connectivity index (χ2v) is 6.99. The average molecular weight is 459 g/mol. The van der Waals surface area contributed by atoms with Crippen LogP contribution in [0, 0.1) is 5.82 Å². The lowest BCUT2D eigenvalue weighted by Gasteiger charge is -2.10. The molecule has 11 nitrogen and oxygen atoms in total. The maximum Gasteiger partial charge on any atom is 0.335 e. The smallest absolute Gasteiger partial charge is 0.335 e. The van der Waals surface area contributed by atoms with Gasteiger partial charge in [-0.25, -0.2) is 23.8 Å². The highest BCUT2D eigenvalue weighted by Gasteiger charge is 2.22. The van der Waals surface area contributed by atoms with Gasteiger partial charge in [0, 0.05) is 11.3 Å². The Hall–Kier alpha value is -5.13. The molecule has 12 heteroatoms. The molecule has 168 valence electrons. The molecule has 3 aromatic heterocycles. The summed E-state index contributed by atoms with van der Waals surface area (Å²) in [6.45, 7) is 0. The van der Waals surface area contributed by atoms with Crippen LogP contribution in [0.5, 0.6) is 0 Å². The number of hydrogen-bond donors (Lipinski definition) is 3. The fourth-order valence-corrected chi connectivity index (χ4v) is 3.23. The number of nitrogens with zero attached hydrogens (tertiary/aromatic N) is 5. The number of nitrogens with two attached hydrogens (primary N) is 1. The predicted molar refractivity (Wildman–Crippen MR) is 118 cm³/mol. The maximum absolute atomic E-state index is 13.3. The number of halogens is 1. The highest BCUT2D eigenvalue weighted by atomic mass is 19.1. The molecule has 5 aromatic rings. The number of fused-ring (bicyclic) bond motifs is 1. The lowest BCUT2D eigenvalue weighted by molar-refractivity contribution is 0.0697. The summed E-state index contributed by atoms with van der Waals surface area (Å²) in [4.78, 5) is 20.1. The summed E-state index contributed by atoms with van der Waals surface area (Å²) >= 11 is 0. The fourth-order valence-electron chi connectivity index (χ4n) is 3.23. The standard InChI is InChI=1S/C22H14FN7O4/c23-13-4-6-14(7-5-13)25-19-18(26-20-21(27-19)30-34-29-20)17(28-24)16-9-8-15(33-16)11-2-1-3-12(10-11)22(31)32/h1-10H,24H2,(H,31,32)(H,25,27,30). The molecule has 34 heavy (non-hydrogen) atoms. The monoisotopic (exact) mass is 459 g/mol. The number of benzene rings is 2. The molecule has 5 rings (SSSR count). The Bertz CT molecular complexity index is 1540. The van der Waals surface area contributed by atoms with E-state index >= 15 is 0 Å². The molecule has 0 atom stereocenters. The van der Waals surface area contributed by atoms with Gasteiger partial charge in [-0.2, -0.15) is 5.10 Å². The molecule has 0 radical (unpaired) electrons. The predicted octanol–water partition coefficient (Wildman–Crippen LogP) is 3.56. The van der Waals surface area contributed by atoms with Crippen LogP contribution in [0.25, 0.3) is 22.6 Å². The Labute approximate surface area is 189 Å². The molecule has 0 saturated carbocycles. The number of rotatable bonds is 6. The number of carboxylic acids is 1. The molecule has 0 spiro atoms. The summed E-state index contributed by atoms with van der Waals surface area (Å²) in [5, 5.41) is 23.5. The number of nitrogens with one attached hydrogen (secondary N) is 1. The van der Waals surface area contributed by atoms with E-state index in [0.29, 0.717) is 17.0 Å². The first-order valence-electron chi connectivity index (χ1n) is 9.77. The molecule has 0 fully saturated rings. The van der Waals surface area contributed by atoms with Crippen LogP contribution in [0.4, 0.5) is 15.9 Å². The second-order valence-electron chi connectivity index (χ2n) is 6.99. The van der Waals surface area contributed by atoms with E-state index in [1.807, 2.05) is 0 Å². The minimum absolute atomic E-state index is 0.113. The third kappa shape index (κ3) is 3.90. The van der Waals surface area contributed by atoms with Crippen molar-refractivity contribution in [1.82, 2.24) is 20.3 Å². The highest BCUT2D eigenvalue weighted by molar-refractivity contribution is 6.13. The van der Waals surface area contributed by atoms with E-state index in [0.717, 1.165) is 0 Å². The zero-order valence-electron chi connectivity index (χ0n) is 17.1. The van der Waals surface area contributed by atoms with E-state index in [4.69, 9.17) is 14.9 Å². The van der Waals surface area contributed by atoms with Gasteiger partial charge >= 0.3 is 5.97 Å². The van der Waals surface area contributed by atoms with Gasteiger partial charge in [-0.05, 0) is 58.8 Å². The molecule has 0 aliphatic carbocycles. The van der Waals surface area contributed by atoms with Gasteiger partial charge in [0.1, 0.15) is 17.3 Å². The lowest BCUT2D eigenvalue weighted by atomic mass is 10.1. The van der Waals surface area contributed by atoms with Crippen molar-refractivity contribution in [3.05, 3.63) is 83.5 Å². The van der Waals surface area contributed by atoms with Crippen LogP contribution in [0.2, 0.25) is 0 Å². The Morgan fingerprint density at radius 2 is 1.79 bits per heavy atom. The zero-order valence-corrected chi connectivity index (χ0v) is 17.1. The minimum atomic E-state index is -1.06. The first-order valence-corrected chi connectivity index (χ1v) is 9.77. The normalized spacial score (nSPS) is 11.6. The number of furan rings is 1. The van der Waals surface area contributed by atoms with Crippen molar-refractivity contribution in [2.45, 2.75) is 0 Å². The van der Waals surface area contributed by atoms with Crippen LogP contribution in [0.15, 0.2) is 74.8 Å². The van der Waals surface area contributed by atoms with Gasteiger partial charge in [0.05, 0.1) is 5.56 Å². The van der Waals surface area contributed by atoms with Crippen molar-refractivity contribution in [3.63, 3.8) is 0 Å². The van der Waals surface area contributed by atoms with Crippen LogP contribution in [-0.2, 0) is 0 Å². The number of carbonyl (C=O) groups is 1. The van der Waals surface area contributed by atoms with Crippen molar-refractivity contribution in [2.24, 2.45) is 10.9 Å². The van der Waals surface area contributed by atoms with E-state index in [1.54, 1.807) is 24.3 Å². The Balaban J connectivity index is 1.56. The van der Waals surface area contributed by atoms with E-state index in [9.17, 15) is 14.3 Å². The number of aromatic nitrogens is 4. The Morgan fingerprint density at radius 1 is 1.03 bits per heavy atom. The summed E-state index contributed by atoms with van der Waals surface area (Å²) in [6, 6.07) is 15.2. The van der Waals surface area contributed by atoms with Gasteiger partial charge in [0.25, 0.3) is 0 Å². The third-order valence-corrected chi connectivity index (χ3v) is 4.81. The van der Waals surface area contributed by atoms with Crippen molar-refractivity contribution >= 4 is 34.5 Å². The SMILES string of the molecule is NN=C(c1ccc(-c2cccc(C(=O)O)c2)o1)c1nc2nonc2nc1Nc1ccc(F)cc1. The molecule has 2 aromatic carbocycles. The maximum atomic E-state index is 13.3. The molecule has 0 saturated heterocycles. The van der Waals surface area contributed by atoms with Crippen LogP contribution in [0.3, 0.4) is 0 Å². The Kier molecular flexibility index (Phi) is 5.14. The minimum Gasteiger partial charge on any atom is -0.478 e. The summed E-state index contributed by atoms with van der Waals surface area (Å²) in [5.41, 5.74) is 1.74. The first kappa shape index (κ1) is 20.8. The molecular weight excluding hydrogens is 445 g/mol. The number of hydrogen-bond acceptors (Lipinski definition) is 10. The van der Waals surface area contributed by atoms with Gasteiger partial charge < -0.3 is 20.7 Å². The van der Waals surface area contributed by atoms with Gasteiger partial charge in [-0.15, -0.1) is 0 Å². The summed E-state index contributed by atoms with van der Waals surface area (Å²) in [6.07, 6.45) is 0. The van der Waals surface area contributed by atoms with Crippen LogP contribution < -0.4 is 11.2 Å². The van der Waals surface area contributed by atoms with E-state index in [-0.39, 0.29) is 39.8 Å². The summed E-state index contributed by atoms with van der Waals surface area (Å²) in [5.74, 6) is 5.08. The van der Waals surface area contributed by atoms with Gasteiger partial charge in [0.2, 0.25) is 11.3 Å². The molecule has 0 amide bonds. The number of hydrazone groups is 1. The zero-order chi connectivity index (χ0) is 23.7. The molecule has 0 bridgehead atoms. The van der Waals surface area contributed by atoms with E-state index < -0.39 is 11.8 Å². The van der Waals surface area contributed by atoms with Crippen LogP contribution in [-0.4, -0.2) is 37.1 Å². The summed E-state index contributed by atoms with van der Waals surface area (Å²) in [7, 11) is 0. The topological polar surface area (TPSA) is 166 Å². The van der Waals surface area contributed by atoms with Crippen molar-refractivity contribution in [3.8, 4) is 11.3 Å². The van der Waals surface area contributed by atoms with Gasteiger partial charge in [-0.1, -0.05) is 12.1 Å². The molecule has 4 N–H and O–H groups in total. The Morgan fingerprint density at radius 3 is 2.53 bits per heavy atom. The van der Waals surface area contributed by atoms with E-state index in [2.05, 4.69) is 30.7 Å². The number of aromatic carboxylic acids is 1. The lowest BCUT2D eigenvalue weighted by Crippen LogP contribution is -2.13. The largest absolute Gasteiger partial charge is 0.478 e. The summed E-state index contributed by atoms with van der Waals surface area (Å²) < 4.78 is 23.9. The fraction of sp³-hybridized carbons (Fsp3) is 0. The van der Waals surface area contributed by atoms with Gasteiger partial charge in [-0.3, -0.25) is 0 Å². The van der Waals surface area contributed by atoms with Crippen LogP contribution in [0.1, 0.15) is 21.8 Å². The number of carboxylic acid groups (broad SMARTS) is 1. The first-order chi connectivity index (χ1) is 16.5. The van der Waals surface area contributed by atoms with Crippen molar-refractivity contribution in [2.75, 3.05) is 5.32 Å². The average Bonchev–Trinajstić information content (AvgIpc) is 3.51. The second kappa shape index (κ2) is 8.43. The van der Waals surface area contributed by atoms with Gasteiger partial charge in [0.15, 0.2) is 17.3 Å². The molecule has 0 unspecified atom stereocenters. The van der Waals surface area contributed by atoms with E-state index in [1.165, 1.54) is 36.4 Å².